The van der Waals surface area contributed by atoms with Gasteiger partial charge in [-0.15, -0.1) is 0 Å². The van der Waals surface area contributed by atoms with Crippen molar-refractivity contribution in [1.82, 2.24) is 0 Å². The van der Waals surface area contributed by atoms with Crippen molar-refractivity contribution in [2.45, 2.75) is 23.8 Å². The van der Waals surface area contributed by atoms with Crippen molar-refractivity contribution < 1.29 is 10.2 Å². The van der Waals surface area contributed by atoms with Gasteiger partial charge in [0, 0.05) is 11.6 Å². The minimum absolute atomic E-state index is 0.0310. The molecule has 0 aliphatic rings. The molecule has 0 saturated carbocycles. The Bertz CT molecular complexity index is 324. The summed E-state index contributed by atoms with van der Waals surface area (Å²) in [5, 5.41) is 18.7. The smallest absolute Gasteiger partial charge is 0.124 e. The van der Waals surface area contributed by atoms with Crippen LogP contribution in [-0.4, -0.2) is 10.2 Å². The number of phenolic OH excluding ortho intramolecular Hbond substituents is 2. The molecule has 2 nitrogen and oxygen atoms in total. The summed E-state index contributed by atoms with van der Waals surface area (Å²) in [7, 11) is 0. The molecule has 0 unspecified atom stereocenters. The molecule has 0 aromatic heterocycles. The average Bonchev–Trinajstić information content (AvgIpc) is 2.02. The van der Waals surface area contributed by atoms with Gasteiger partial charge in [-0.3, -0.25) is 0 Å². The molecule has 2 N–H and O–H groups in total. The van der Waals surface area contributed by atoms with Gasteiger partial charge in [-0.1, -0.05) is 13.3 Å². The third-order valence-corrected chi connectivity index (χ3v) is 2.94. The molecule has 1 rings (SSSR count). The number of rotatable bonds is 3. The maximum atomic E-state index is 9.60. The van der Waals surface area contributed by atoms with Crippen molar-refractivity contribution in [2.75, 3.05) is 0 Å². The Morgan fingerprint density at radius 2 is 1.93 bits per heavy atom. The summed E-state index contributed by atoms with van der Waals surface area (Å²) in [6.07, 6.45) is 1.67. The molecule has 0 heterocycles. The van der Waals surface area contributed by atoms with Crippen LogP contribution in [0.2, 0.25) is 0 Å². The second-order valence-electron chi connectivity index (χ2n) is 3.27. The van der Waals surface area contributed by atoms with Gasteiger partial charge in [-0.05, 0) is 18.6 Å². The molecular formula is C10H14O2S2. The highest BCUT2D eigenvalue weighted by molar-refractivity contribution is 7.99. The minimum atomic E-state index is -0.646. The fraction of sp³-hybridized carbons (Fsp3) is 0.400. The molecule has 1 aromatic carbocycles. The van der Waals surface area contributed by atoms with Gasteiger partial charge in [0.2, 0.25) is 0 Å². The van der Waals surface area contributed by atoms with Crippen molar-refractivity contribution in [1.29, 1.82) is 0 Å². The molecule has 78 valence electrons. The number of hydrogen-bond donors (Lipinski definition) is 4. The fourth-order valence-corrected chi connectivity index (χ4v) is 2.17. The summed E-state index contributed by atoms with van der Waals surface area (Å²) in [6, 6.07) is 4.46. The van der Waals surface area contributed by atoms with Gasteiger partial charge in [0.15, 0.2) is 0 Å². The van der Waals surface area contributed by atoms with E-state index in [9.17, 15) is 5.11 Å². The van der Waals surface area contributed by atoms with Crippen LogP contribution >= 0.6 is 25.3 Å². The Balaban J connectivity index is 3.06. The quantitative estimate of drug-likeness (QED) is 0.476. The van der Waals surface area contributed by atoms with Gasteiger partial charge in [-0.25, -0.2) is 0 Å². The summed E-state index contributed by atoms with van der Waals surface area (Å²) < 4.78 is -0.646. The maximum Gasteiger partial charge on any atom is 0.124 e. The van der Waals surface area contributed by atoms with Crippen LogP contribution in [0.3, 0.4) is 0 Å². The second kappa shape index (κ2) is 4.36. The molecule has 4 heteroatoms. The summed E-state index contributed by atoms with van der Waals surface area (Å²) >= 11 is 8.77. The molecule has 0 aliphatic carbocycles. The highest BCUT2D eigenvalue weighted by atomic mass is 32.2. The highest BCUT2D eigenvalue weighted by Crippen LogP contribution is 2.42. The van der Waals surface area contributed by atoms with Gasteiger partial charge < -0.3 is 10.2 Å². The Morgan fingerprint density at radius 3 is 2.43 bits per heavy atom. The van der Waals surface area contributed by atoms with E-state index in [1.807, 2.05) is 6.92 Å². The monoisotopic (exact) mass is 230 g/mol. The first kappa shape index (κ1) is 11.6. The van der Waals surface area contributed by atoms with Gasteiger partial charge in [0.25, 0.3) is 0 Å². The third-order valence-electron chi connectivity index (χ3n) is 2.01. The SMILES string of the molecule is CCCC(S)(S)c1ccc(O)cc1O. The van der Waals surface area contributed by atoms with E-state index < -0.39 is 4.08 Å². The van der Waals surface area contributed by atoms with Crippen molar-refractivity contribution in [3.05, 3.63) is 23.8 Å². The molecule has 14 heavy (non-hydrogen) atoms. The highest BCUT2D eigenvalue weighted by Gasteiger charge is 2.25. The van der Waals surface area contributed by atoms with E-state index in [1.54, 1.807) is 6.07 Å². The number of aromatic hydroxyl groups is 2. The van der Waals surface area contributed by atoms with Crippen molar-refractivity contribution in [3.63, 3.8) is 0 Å². The Hall–Kier alpha value is -0.480. The zero-order valence-corrected chi connectivity index (χ0v) is 9.72. The lowest BCUT2D eigenvalue weighted by atomic mass is 10.1. The van der Waals surface area contributed by atoms with Crippen LogP contribution in [0.5, 0.6) is 11.5 Å². The van der Waals surface area contributed by atoms with Crippen LogP contribution in [0.25, 0.3) is 0 Å². The Labute approximate surface area is 94.8 Å². The van der Waals surface area contributed by atoms with E-state index in [-0.39, 0.29) is 11.5 Å². The predicted molar refractivity (Wildman–Crippen MR) is 64.3 cm³/mol. The number of phenols is 2. The number of thiol groups is 2. The van der Waals surface area contributed by atoms with Crippen molar-refractivity contribution in [2.24, 2.45) is 0 Å². The third kappa shape index (κ3) is 2.51. The van der Waals surface area contributed by atoms with E-state index in [4.69, 9.17) is 5.11 Å². The lowest BCUT2D eigenvalue weighted by Gasteiger charge is -2.23. The Morgan fingerprint density at radius 1 is 1.29 bits per heavy atom. The normalized spacial score (nSPS) is 11.6. The molecule has 0 saturated heterocycles. The molecule has 0 aliphatic heterocycles. The predicted octanol–water partition coefficient (Wildman–Crippen LogP) is 2.91. The number of benzene rings is 1. The molecule has 0 fully saturated rings. The first-order valence-corrected chi connectivity index (χ1v) is 5.34. The largest absolute Gasteiger partial charge is 0.508 e. The standard InChI is InChI=1S/C10H14O2S2/c1-2-5-10(13,14)8-4-3-7(11)6-9(8)12/h3-4,6,11-14H,2,5H2,1H3. The Kier molecular flexibility index (Phi) is 3.61. The zero-order chi connectivity index (χ0) is 10.8. The van der Waals surface area contributed by atoms with Crippen molar-refractivity contribution in [3.8, 4) is 11.5 Å². The fourth-order valence-electron chi connectivity index (χ4n) is 1.34. The molecule has 0 bridgehead atoms. The van der Waals surface area contributed by atoms with E-state index in [0.717, 1.165) is 12.8 Å². The van der Waals surface area contributed by atoms with Crippen molar-refractivity contribution >= 4 is 25.3 Å². The van der Waals surface area contributed by atoms with E-state index in [2.05, 4.69) is 25.3 Å². The van der Waals surface area contributed by atoms with Gasteiger partial charge >= 0.3 is 0 Å². The summed E-state index contributed by atoms with van der Waals surface area (Å²) in [5.41, 5.74) is 0.629. The molecule has 0 radical (unpaired) electrons. The van der Waals surface area contributed by atoms with E-state index in [1.165, 1.54) is 12.1 Å². The van der Waals surface area contributed by atoms with Crippen LogP contribution in [0.4, 0.5) is 0 Å². The minimum Gasteiger partial charge on any atom is -0.508 e. The molecule has 0 atom stereocenters. The van der Waals surface area contributed by atoms with Crippen LogP contribution in [0, 0.1) is 0 Å². The molecule has 0 amide bonds. The summed E-state index contributed by atoms with van der Waals surface area (Å²) in [4.78, 5) is 0. The molecule has 0 spiro atoms. The van der Waals surface area contributed by atoms with E-state index >= 15 is 0 Å². The molecular weight excluding hydrogens is 216 g/mol. The van der Waals surface area contributed by atoms with Crippen LogP contribution in [0.1, 0.15) is 25.3 Å². The average molecular weight is 230 g/mol. The van der Waals surface area contributed by atoms with Gasteiger partial charge in [-0.2, -0.15) is 25.3 Å². The second-order valence-corrected chi connectivity index (χ2v) is 5.15. The summed E-state index contributed by atoms with van der Waals surface area (Å²) in [6.45, 7) is 2.03. The maximum absolute atomic E-state index is 9.60. The van der Waals surface area contributed by atoms with Crippen LogP contribution < -0.4 is 0 Å². The lowest BCUT2D eigenvalue weighted by Crippen LogP contribution is -2.10. The molecule has 1 aromatic rings. The number of hydrogen-bond acceptors (Lipinski definition) is 4. The zero-order valence-electron chi connectivity index (χ0n) is 7.94. The topological polar surface area (TPSA) is 40.5 Å². The van der Waals surface area contributed by atoms with Gasteiger partial charge in [0.05, 0.1) is 4.08 Å². The van der Waals surface area contributed by atoms with Crippen LogP contribution in [-0.2, 0) is 4.08 Å². The van der Waals surface area contributed by atoms with Gasteiger partial charge in [0.1, 0.15) is 11.5 Å². The summed E-state index contributed by atoms with van der Waals surface area (Å²) in [5.74, 6) is 0.0728. The van der Waals surface area contributed by atoms with E-state index in [0.29, 0.717) is 5.56 Å². The van der Waals surface area contributed by atoms with Crippen LogP contribution in [0.15, 0.2) is 18.2 Å². The first-order valence-electron chi connectivity index (χ1n) is 4.44. The first-order chi connectivity index (χ1) is 6.47. The lowest BCUT2D eigenvalue weighted by molar-refractivity contribution is 0.443.